The van der Waals surface area contributed by atoms with Gasteiger partial charge in [-0.25, -0.2) is 0 Å². The Kier molecular flexibility index (Phi) is 5.28. The van der Waals surface area contributed by atoms with Crippen LogP contribution >= 0.6 is 11.6 Å². The van der Waals surface area contributed by atoms with Crippen molar-refractivity contribution in [1.82, 2.24) is 4.57 Å². The molecule has 1 aromatic heterocycles. The number of halogens is 1. The molecule has 25 heavy (non-hydrogen) atoms. The van der Waals surface area contributed by atoms with Crippen LogP contribution in [0.4, 0.5) is 0 Å². The molecule has 2 heterocycles. The molecule has 0 saturated carbocycles. The molecule has 1 aliphatic heterocycles. The van der Waals surface area contributed by atoms with E-state index in [0.717, 1.165) is 18.4 Å². The Hall–Kier alpha value is -2.47. The first-order valence-electron chi connectivity index (χ1n) is 8.06. The molecule has 1 aromatic carbocycles. The normalized spacial score (nSPS) is 12.2. The number of pyridine rings is 1. The average molecular weight is 364 g/mol. The SMILES string of the molecule is CCCCC(=O)Oc1ccn(Cc2cc3c(cc2Cl)OCO3)c(=O)c1. The molecule has 0 amide bonds. The molecule has 132 valence electrons. The first-order valence-corrected chi connectivity index (χ1v) is 8.44. The van der Waals surface area contributed by atoms with Crippen molar-refractivity contribution < 1.29 is 19.0 Å². The number of nitrogens with zero attached hydrogens (tertiary/aromatic N) is 1. The van der Waals surface area contributed by atoms with Crippen molar-refractivity contribution in [3.8, 4) is 17.2 Å². The summed E-state index contributed by atoms with van der Waals surface area (Å²) >= 11 is 6.24. The van der Waals surface area contributed by atoms with E-state index in [9.17, 15) is 9.59 Å². The minimum Gasteiger partial charge on any atom is -0.454 e. The summed E-state index contributed by atoms with van der Waals surface area (Å²) in [6.45, 7) is 2.43. The molecule has 0 bridgehead atoms. The Morgan fingerprint density at radius 2 is 2.04 bits per heavy atom. The maximum atomic E-state index is 12.3. The molecular formula is C18H18ClNO5. The van der Waals surface area contributed by atoms with Gasteiger partial charge in [0.25, 0.3) is 5.56 Å². The second-order valence-electron chi connectivity index (χ2n) is 5.70. The fraction of sp³-hybridized carbons (Fsp3) is 0.333. The summed E-state index contributed by atoms with van der Waals surface area (Å²) in [5.74, 6) is 1.11. The van der Waals surface area contributed by atoms with E-state index < -0.39 is 0 Å². The summed E-state index contributed by atoms with van der Waals surface area (Å²) in [5.41, 5.74) is 0.454. The predicted octanol–water partition coefficient (Wildman–Crippen LogP) is 3.37. The summed E-state index contributed by atoms with van der Waals surface area (Å²) in [5, 5.41) is 0.492. The molecule has 0 spiro atoms. The molecule has 6 nitrogen and oxygen atoms in total. The third-order valence-corrected chi connectivity index (χ3v) is 4.17. The molecule has 0 radical (unpaired) electrons. The highest BCUT2D eigenvalue weighted by atomic mass is 35.5. The number of rotatable bonds is 6. The summed E-state index contributed by atoms with van der Waals surface area (Å²) in [4.78, 5) is 23.9. The number of ether oxygens (including phenoxy) is 3. The standard InChI is InChI=1S/C18H18ClNO5/c1-2-3-4-18(22)25-13-5-6-20(17(21)8-13)10-12-7-15-16(9-14(12)19)24-11-23-15/h5-9H,2-4,10-11H2,1H3. The van der Waals surface area contributed by atoms with E-state index in [1.807, 2.05) is 6.92 Å². The lowest BCUT2D eigenvalue weighted by Crippen LogP contribution is -2.20. The largest absolute Gasteiger partial charge is 0.454 e. The van der Waals surface area contributed by atoms with Gasteiger partial charge in [-0.05, 0) is 24.1 Å². The number of fused-ring (bicyclic) bond motifs is 1. The van der Waals surface area contributed by atoms with Crippen LogP contribution in [0.1, 0.15) is 31.7 Å². The molecule has 1 aliphatic rings. The van der Waals surface area contributed by atoms with Crippen molar-refractivity contribution in [1.29, 1.82) is 0 Å². The van der Waals surface area contributed by atoms with Crippen LogP contribution in [0.5, 0.6) is 17.2 Å². The summed E-state index contributed by atoms with van der Waals surface area (Å²) < 4.78 is 17.2. The van der Waals surface area contributed by atoms with Crippen LogP contribution in [0.3, 0.4) is 0 Å². The predicted molar refractivity (Wildman–Crippen MR) is 92.5 cm³/mol. The van der Waals surface area contributed by atoms with E-state index in [0.29, 0.717) is 22.9 Å². The summed E-state index contributed by atoms with van der Waals surface area (Å²) in [6.07, 6.45) is 3.59. The molecule has 7 heteroatoms. The molecule has 0 aliphatic carbocycles. The van der Waals surface area contributed by atoms with Gasteiger partial charge in [-0.3, -0.25) is 9.59 Å². The highest BCUT2D eigenvalue weighted by molar-refractivity contribution is 6.31. The molecule has 2 aromatic rings. The summed E-state index contributed by atoms with van der Waals surface area (Å²) in [6, 6.07) is 6.32. The van der Waals surface area contributed by atoms with Crippen LogP contribution in [-0.2, 0) is 11.3 Å². The van der Waals surface area contributed by atoms with E-state index in [4.69, 9.17) is 25.8 Å². The first-order chi connectivity index (χ1) is 12.1. The molecule has 3 rings (SSSR count). The van der Waals surface area contributed by atoms with Crippen LogP contribution in [0, 0.1) is 0 Å². The smallest absolute Gasteiger partial charge is 0.311 e. The average Bonchev–Trinajstić information content (AvgIpc) is 3.02. The number of benzene rings is 1. The molecule has 0 unspecified atom stereocenters. The van der Waals surface area contributed by atoms with Gasteiger partial charge < -0.3 is 18.8 Å². The minimum atomic E-state index is -0.335. The number of hydrogen-bond donors (Lipinski definition) is 0. The Balaban J connectivity index is 1.74. The van der Waals surface area contributed by atoms with E-state index in [1.54, 1.807) is 24.4 Å². The first kappa shape index (κ1) is 17.4. The van der Waals surface area contributed by atoms with Crippen LogP contribution < -0.4 is 19.8 Å². The number of carbonyl (C=O) groups excluding carboxylic acids is 1. The fourth-order valence-electron chi connectivity index (χ4n) is 2.45. The number of unbranched alkanes of at least 4 members (excludes halogenated alkanes) is 1. The highest BCUT2D eigenvalue weighted by Crippen LogP contribution is 2.36. The van der Waals surface area contributed by atoms with Crippen molar-refractivity contribution in [2.24, 2.45) is 0 Å². The zero-order valence-corrected chi connectivity index (χ0v) is 14.5. The Labute approximate surface area is 149 Å². The van der Waals surface area contributed by atoms with Gasteiger partial charge in [-0.15, -0.1) is 0 Å². The zero-order chi connectivity index (χ0) is 17.8. The Morgan fingerprint density at radius 1 is 1.28 bits per heavy atom. The Bertz CT molecular complexity index is 846. The lowest BCUT2D eigenvalue weighted by atomic mass is 10.2. The van der Waals surface area contributed by atoms with Crippen LogP contribution in [0.15, 0.2) is 35.3 Å². The fourth-order valence-corrected chi connectivity index (χ4v) is 2.66. The molecule has 0 atom stereocenters. The third kappa shape index (κ3) is 4.14. The topological polar surface area (TPSA) is 66.8 Å². The van der Waals surface area contributed by atoms with Crippen molar-refractivity contribution >= 4 is 17.6 Å². The highest BCUT2D eigenvalue weighted by Gasteiger charge is 2.17. The number of esters is 1. The zero-order valence-electron chi connectivity index (χ0n) is 13.8. The molecule has 0 fully saturated rings. The van der Waals surface area contributed by atoms with E-state index in [1.165, 1.54) is 10.6 Å². The van der Waals surface area contributed by atoms with Crippen molar-refractivity contribution in [3.05, 3.63) is 51.4 Å². The van der Waals surface area contributed by atoms with E-state index in [-0.39, 0.29) is 30.6 Å². The van der Waals surface area contributed by atoms with Gasteiger partial charge >= 0.3 is 5.97 Å². The van der Waals surface area contributed by atoms with Crippen molar-refractivity contribution in [2.45, 2.75) is 32.7 Å². The van der Waals surface area contributed by atoms with Crippen molar-refractivity contribution in [2.75, 3.05) is 6.79 Å². The second-order valence-corrected chi connectivity index (χ2v) is 6.11. The Morgan fingerprint density at radius 3 is 2.76 bits per heavy atom. The third-order valence-electron chi connectivity index (χ3n) is 3.82. The number of aromatic nitrogens is 1. The van der Waals surface area contributed by atoms with Gasteiger partial charge in [0.2, 0.25) is 6.79 Å². The maximum absolute atomic E-state index is 12.3. The summed E-state index contributed by atoms with van der Waals surface area (Å²) in [7, 11) is 0. The van der Waals surface area contributed by atoms with Gasteiger partial charge in [0, 0.05) is 29.8 Å². The molecular weight excluding hydrogens is 346 g/mol. The lowest BCUT2D eigenvalue weighted by Gasteiger charge is -2.10. The van der Waals surface area contributed by atoms with Crippen molar-refractivity contribution in [3.63, 3.8) is 0 Å². The van der Waals surface area contributed by atoms with Gasteiger partial charge in [0.05, 0.1) is 6.54 Å². The van der Waals surface area contributed by atoms with Gasteiger partial charge in [0.15, 0.2) is 11.5 Å². The van der Waals surface area contributed by atoms with Gasteiger partial charge in [0.1, 0.15) is 5.75 Å². The van der Waals surface area contributed by atoms with Crippen LogP contribution in [-0.4, -0.2) is 17.3 Å². The van der Waals surface area contributed by atoms with Gasteiger partial charge in [-0.1, -0.05) is 24.9 Å². The monoisotopic (exact) mass is 363 g/mol. The maximum Gasteiger partial charge on any atom is 0.311 e. The number of carbonyl (C=O) groups is 1. The quantitative estimate of drug-likeness (QED) is 0.736. The van der Waals surface area contributed by atoms with E-state index in [2.05, 4.69) is 0 Å². The molecule has 0 N–H and O–H groups in total. The number of hydrogen-bond acceptors (Lipinski definition) is 5. The van der Waals surface area contributed by atoms with Crippen LogP contribution in [0.25, 0.3) is 0 Å². The lowest BCUT2D eigenvalue weighted by molar-refractivity contribution is -0.134. The van der Waals surface area contributed by atoms with Gasteiger partial charge in [-0.2, -0.15) is 0 Å². The molecule has 0 saturated heterocycles. The van der Waals surface area contributed by atoms with E-state index >= 15 is 0 Å². The minimum absolute atomic E-state index is 0.160. The second kappa shape index (κ2) is 7.61. The van der Waals surface area contributed by atoms with Crippen LogP contribution in [0.2, 0.25) is 5.02 Å².